The lowest BCUT2D eigenvalue weighted by Gasteiger charge is -2.36. The third kappa shape index (κ3) is 4.46. The zero-order chi connectivity index (χ0) is 20.0. The fourth-order valence-corrected chi connectivity index (χ4v) is 3.59. The first kappa shape index (κ1) is 20.6. The highest BCUT2D eigenvalue weighted by atomic mass is 35.5. The molecule has 28 heavy (non-hydrogen) atoms. The molecule has 0 radical (unpaired) electrons. The predicted molar refractivity (Wildman–Crippen MR) is 106 cm³/mol. The summed E-state index contributed by atoms with van der Waals surface area (Å²) >= 11 is 6.27. The van der Waals surface area contributed by atoms with Gasteiger partial charge in [-0.05, 0) is 42.7 Å². The molecule has 2 aromatic carbocycles. The molecule has 0 spiro atoms. The van der Waals surface area contributed by atoms with Crippen LogP contribution in [0.4, 0.5) is 10.1 Å². The molecule has 1 saturated heterocycles. The van der Waals surface area contributed by atoms with Crippen molar-refractivity contribution in [2.75, 3.05) is 38.9 Å². The number of amides is 1. The normalized spacial score (nSPS) is 15.8. The second-order valence-corrected chi connectivity index (χ2v) is 7.02. The highest BCUT2D eigenvalue weighted by Crippen LogP contribution is 2.39. The van der Waals surface area contributed by atoms with Crippen LogP contribution in [0.1, 0.15) is 18.4 Å². The molecule has 1 heterocycles. The first-order chi connectivity index (χ1) is 13.6. The van der Waals surface area contributed by atoms with E-state index in [-0.39, 0.29) is 11.7 Å². The van der Waals surface area contributed by atoms with Crippen molar-refractivity contribution in [3.63, 3.8) is 0 Å². The molecule has 1 aliphatic rings. The molecule has 0 aromatic heterocycles. The maximum Gasteiger partial charge on any atom is 0.235 e. The molecule has 7 heteroatoms. The zero-order valence-electron chi connectivity index (χ0n) is 15.7. The smallest absolute Gasteiger partial charge is 0.235 e. The predicted octanol–water partition coefficient (Wildman–Crippen LogP) is 4.19. The topological polar surface area (TPSA) is 56.8 Å². The van der Waals surface area contributed by atoms with Gasteiger partial charge in [-0.3, -0.25) is 4.79 Å². The van der Waals surface area contributed by atoms with Crippen LogP contribution >= 0.6 is 11.6 Å². The number of ether oxygens (including phenoxy) is 3. The molecule has 1 fully saturated rings. The third-order valence-electron chi connectivity index (χ3n) is 4.93. The van der Waals surface area contributed by atoms with E-state index in [2.05, 4.69) is 5.32 Å². The summed E-state index contributed by atoms with van der Waals surface area (Å²) in [7, 11) is 1.58. The Kier molecular flexibility index (Phi) is 6.88. The van der Waals surface area contributed by atoms with Crippen molar-refractivity contribution in [2.24, 2.45) is 0 Å². The van der Waals surface area contributed by atoms with Gasteiger partial charge in [0.15, 0.2) is 5.75 Å². The van der Waals surface area contributed by atoms with Crippen molar-refractivity contribution in [3.05, 3.63) is 58.9 Å². The maximum atomic E-state index is 13.4. The van der Waals surface area contributed by atoms with Crippen LogP contribution in [0.2, 0.25) is 5.02 Å². The van der Waals surface area contributed by atoms with Gasteiger partial charge in [-0.1, -0.05) is 29.8 Å². The Morgan fingerprint density at radius 1 is 1.18 bits per heavy atom. The number of carbonyl (C=O) groups is 1. The largest absolute Gasteiger partial charge is 0.487 e. The average Bonchev–Trinajstić information content (AvgIpc) is 2.71. The lowest BCUT2D eigenvalue weighted by Crippen LogP contribution is -2.44. The summed E-state index contributed by atoms with van der Waals surface area (Å²) in [6, 6.07) is 11.3. The fourth-order valence-electron chi connectivity index (χ4n) is 3.36. The van der Waals surface area contributed by atoms with E-state index in [0.717, 1.165) is 5.56 Å². The monoisotopic (exact) mass is 407 g/mol. The van der Waals surface area contributed by atoms with E-state index >= 15 is 0 Å². The summed E-state index contributed by atoms with van der Waals surface area (Å²) in [6.07, 6.45) is 1.01. The second kappa shape index (κ2) is 9.37. The van der Waals surface area contributed by atoms with E-state index in [1.807, 2.05) is 0 Å². The van der Waals surface area contributed by atoms with Gasteiger partial charge in [0.05, 0.1) is 22.7 Å². The van der Waals surface area contributed by atoms with Crippen molar-refractivity contribution in [3.8, 4) is 5.75 Å². The Bertz CT molecular complexity index is 807. The fraction of sp³-hybridized carbons (Fsp3) is 0.381. The van der Waals surface area contributed by atoms with Crippen LogP contribution < -0.4 is 10.1 Å². The summed E-state index contributed by atoms with van der Waals surface area (Å²) < 4.78 is 29.6. The summed E-state index contributed by atoms with van der Waals surface area (Å²) in [6.45, 7) is 1.62. The van der Waals surface area contributed by atoms with Gasteiger partial charge in [0, 0.05) is 20.3 Å². The van der Waals surface area contributed by atoms with Crippen LogP contribution in [0.5, 0.6) is 5.75 Å². The van der Waals surface area contributed by atoms with Gasteiger partial charge in [-0.2, -0.15) is 0 Å². The molecule has 0 unspecified atom stereocenters. The number of benzene rings is 2. The number of anilines is 1. The number of rotatable bonds is 7. The standard InChI is InChI=1S/C21H23ClFNO4/c1-26-13-14-28-19-17(22)3-2-4-18(19)24-20(25)21(9-11-27-12-10-21)15-5-7-16(23)8-6-15/h2-8H,9-14H2,1H3,(H,24,25). The molecule has 2 aromatic rings. The van der Waals surface area contributed by atoms with Crippen LogP contribution in [0.25, 0.3) is 0 Å². The van der Waals surface area contributed by atoms with Crippen molar-refractivity contribution in [1.82, 2.24) is 0 Å². The molecule has 1 amide bonds. The molecular formula is C21H23ClFNO4. The SMILES string of the molecule is COCCOc1c(Cl)cccc1NC(=O)C1(c2ccc(F)cc2)CCOCC1. The second-order valence-electron chi connectivity index (χ2n) is 6.61. The van der Waals surface area contributed by atoms with E-state index in [4.69, 9.17) is 25.8 Å². The van der Waals surface area contributed by atoms with E-state index in [1.54, 1.807) is 37.4 Å². The van der Waals surface area contributed by atoms with Crippen LogP contribution in [-0.4, -0.2) is 39.4 Å². The quantitative estimate of drug-likeness (QED) is 0.699. The van der Waals surface area contributed by atoms with Crippen LogP contribution in [0.3, 0.4) is 0 Å². The van der Waals surface area contributed by atoms with E-state index in [9.17, 15) is 9.18 Å². The van der Waals surface area contributed by atoms with Gasteiger partial charge >= 0.3 is 0 Å². The Morgan fingerprint density at radius 2 is 1.89 bits per heavy atom. The molecular weight excluding hydrogens is 385 g/mol. The third-order valence-corrected chi connectivity index (χ3v) is 5.22. The molecule has 0 saturated carbocycles. The molecule has 1 N–H and O–H groups in total. The lowest BCUT2D eigenvalue weighted by atomic mass is 9.73. The summed E-state index contributed by atoms with van der Waals surface area (Å²) in [4.78, 5) is 13.4. The number of hydrogen-bond acceptors (Lipinski definition) is 4. The lowest BCUT2D eigenvalue weighted by molar-refractivity contribution is -0.125. The molecule has 0 aliphatic carbocycles. The highest BCUT2D eigenvalue weighted by molar-refractivity contribution is 6.32. The van der Waals surface area contributed by atoms with E-state index in [1.165, 1.54) is 12.1 Å². The Hall–Kier alpha value is -2.15. The molecule has 0 atom stereocenters. The Balaban J connectivity index is 1.89. The minimum atomic E-state index is -0.807. The first-order valence-electron chi connectivity index (χ1n) is 9.12. The van der Waals surface area contributed by atoms with Crippen molar-refractivity contribution >= 4 is 23.2 Å². The number of para-hydroxylation sites is 1. The van der Waals surface area contributed by atoms with Gasteiger partial charge in [-0.25, -0.2) is 4.39 Å². The summed E-state index contributed by atoms with van der Waals surface area (Å²) in [5.41, 5.74) is 0.443. The Morgan fingerprint density at radius 3 is 2.57 bits per heavy atom. The molecule has 1 aliphatic heterocycles. The van der Waals surface area contributed by atoms with Crippen LogP contribution in [0, 0.1) is 5.82 Å². The number of carbonyl (C=O) groups excluding carboxylic acids is 1. The van der Waals surface area contributed by atoms with Crippen molar-refractivity contribution < 1.29 is 23.4 Å². The average molecular weight is 408 g/mol. The van der Waals surface area contributed by atoms with Crippen molar-refractivity contribution in [2.45, 2.75) is 18.3 Å². The van der Waals surface area contributed by atoms with Gasteiger partial charge in [0.2, 0.25) is 5.91 Å². The van der Waals surface area contributed by atoms with Crippen LogP contribution in [-0.2, 0) is 19.7 Å². The number of hydrogen-bond donors (Lipinski definition) is 1. The van der Waals surface area contributed by atoms with Gasteiger partial charge in [0.25, 0.3) is 0 Å². The Labute approximate surface area is 168 Å². The minimum Gasteiger partial charge on any atom is -0.487 e. The van der Waals surface area contributed by atoms with Crippen LogP contribution in [0.15, 0.2) is 42.5 Å². The summed E-state index contributed by atoms with van der Waals surface area (Å²) in [5.74, 6) is -0.132. The minimum absolute atomic E-state index is 0.193. The molecule has 5 nitrogen and oxygen atoms in total. The maximum absolute atomic E-state index is 13.4. The number of nitrogens with one attached hydrogen (secondary N) is 1. The van der Waals surface area contributed by atoms with E-state index < -0.39 is 5.41 Å². The van der Waals surface area contributed by atoms with E-state index in [0.29, 0.717) is 55.7 Å². The molecule has 150 valence electrons. The number of halogens is 2. The van der Waals surface area contributed by atoms with Gasteiger partial charge < -0.3 is 19.5 Å². The first-order valence-corrected chi connectivity index (χ1v) is 9.50. The molecule has 0 bridgehead atoms. The van der Waals surface area contributed by atoms with Gasteiger partial charge in [0.1, 0.15) is 12.4 Å². The summed E-state index contributed by atoms with van der Waals surface area (Å²) in [5, 5.41) is 3.36. The zero-order valence-corrected chi connectivity index (χ0v) is 16.4. The van der Waals surface area contributed by atoms with Gasteiger partial charge in [-0.15, -0.1) is 0 Å². The number of methoxy groups -OCH3 is 1. The highest BCUT2D eigenvalue weighted by Gasteiger charge is 2.42. The molecule has 3 rings (SSSR count). The van der Waals surface area contributed by atoms with Crippen molar-refractivity contribution in [1.29, 1.82) is 0 Å².